The second kappa shape index (κ2) is 4.62. The molecule has 0 saturated heterocycles. The number of hydrogen-bond donors (Lipinski definition) is 0. The van der Waals surface area contributed by atoms with Gasteiger partial charge in [0.2, 0.25) is 0 Å². The summed E-state index contributed by atoms with van der Waals surface area (Å²) in [6.45, 7) is 0.387. The molecule has 1 aromatic rings. The zero-order valence-electron chi connectivity index (χ0n) is 7.74. The van der Waals surface area contributed by atoms with Gasteiger partial charge >= 0.3 is 0 Å². The van der Waals surface area contributed by atoms with Crippen LogP contribution in [0.5, 0.6) is 5.75 Å². The van der Waals surface area contributed by atoms with Crippen molar-refractivity contribution in [1.82, 2.24) is 0 Å². The van der Waals surface area contributed by atoms with E-state index >= 15 is 0 Å². The Bertz CT molecular complexity index is 294. The molecular weight excluding hydrogens is 168 g/mol. The number of ether oxygens (including phenoxy) is 2. The van der Waals surface area contributed by atoms with Gasteiger partial charge in [0.1, 0.15) is 5.75 Å². The Morgan fingerprint density at radius 1 is 1.38 bits per heavy atom. The van der Waals surface area contributed by atoms with Gasteiger partial charge in [-0.25, -0.2) is 0 Å². The Morgan fingerprint density at radius 2 is 2.15 bits per heavy atom. The lowest BCUT2D eigenvalue weighted by Crippen LogP contribution is -1.98. The van der Waals surface area contributed by atoms with Gasteiger partial charge in [0.25, 0.3) is 0 Å². The van der Waals surface area contributed by atoms with Gasteiger partial charge < -0.3 is 9.47 Å². The lowest BCUT2D eigenvalue weighted by molar-refractivity contribution is 0.111. The van der Waals surface area contributed by atoms with Crippen molar-refractivity contribution >= 4 is 6.29 Å². The SMILES string of the molecule is COCc1c(C=O)cccc1OC. The minimum absolute atomic E-state index is 0.387. The predicted octanol–water partition coefficient (Wildman–Crippen LogP) is 1.65. The Morgan fingerprint density at radius 3 is 2.69 bits per heavy atom. The zero-order chi connectivity index (χ0) is 9.68. The van der Waals surface area contributed by atoms with E-state index in [1.807, 2.05) is 0 Å². The maximum Gasteiger partial charge on any atom is 0.150 e. The number of methoxy groups -OCH3 is 2. The molecule has 0 aromatic heterocycles. The van der Waals surface area contributed by atoms with Crippen LogP contribution in [0.4, 0.5) is 0 Å². The summed E-state index contributed by atoms with van der Waals surface area (Å²) >= 11 is 0. The molecule has 1 rings (SSSR count). The molecule has 0 fully saturated rings. The molecule has 0 N–H and O–H groups in total. The standard InChI is InChI=1S/C10H12O3/c1-12-7-9-8(6-11)4-3-5-10(9)13-2/h3-6H,7H2,1-2H3. The van der Waals surface area contributed by atoms with E-state index in [0.717, 1.165) is 11.8 Å². The van der Waals surface area contributed by atoms with Crippen molar-refractivity contribution in [2.75, 3.05) is 14.2 Å². The second-order valence-electron chi connectivity index (χ2n) is 2.58. The first-order chi connectivity index (χ1) is 6.33. The van der Waals surface area contributed by atoms with E-state index < -0.39 is 0 Å². The fraction of sp³-hybridized carbons (Fsp3) is 0.300. The third-order valence-electron chi connectivity index (χ3n) is 1.80. The molecule has 0 aliphatic carbocycles. The second-order valence-corrected chi connectivity index (χ2v) is 2.58. The highest BCUT2D eigenvalue weighted by Gasteiger charge is 2.07. The van der Waals surface area contributed by atoms with Crippen molar-refractivity contribution in [2.45, 2.75) is 6.61 Å². The highest BCUT2D eigenvalue weighted by molar-refractivity contribution is 5.78. The fourth-order valence-electron chi connectivity index (χ4n) is 1.18. The van der Waals surface area contributed by atoms with Crippen LogP contribution in [0.2, 0.25) is 0 Å². The summed E-state index contributed by atoms with van der Waals surface area (Å²) in [5.74, 6) is 0.687. The van der Waals surface area contributed by atoms with E-state index in [-0.39, 0.29) is 0 Å². The maximum absolute atomic E-state index is 10.7. The molecule has 0 aliphatic rings. The minimum Gasteiger partial charge on any atom is -0.496 e. The molecule has 3 nitrogen and oxygen atoms in total. The minimum atomic E-state index is 0.387. The van der Waals surface area contributed by atoms with Crippen LogP contribution < -0.4 is 4.74 Å². The van der Waals surface area contributed by atoms with Crippen molar-refractivity contribution in [3.8, 4) is 5.75 Å². The average Bonchev–Trinajstić information content (AvgIpc) is 2.18. The van der Waals surface area contributed by atoms with Crippen molar-refractivity contribution in [2.24, 2.45) is 0 Å². The highest BCUT2D eigenvalue weighted by atomic mass is 16.5. The lowest BCUT2D eigenvalue weighted by Gasteiger charge is -2.09. The van der Waals surface area contributed by atoms with Gasteiger partial charge in [-0.05, 0) is 6.07 Å². The zero-order valence-corrected chi connectivity index (χ0v) is 7.74. The van der Waals surface area contributed by atoms with Crippen LogP contribution in [0.1, 0.15) is 15.9 Å². The highest BCUT2D eigenvalue weighted by Crippen LogP contribution is 2.21. The molecule has 0 aliphatic heterocycles. The molecular formula is C10H12O3. The van der Waals surface area contributed by atoms with E-state index in [4.69, 9.17) is 9.47 Å². The lowest BCUT2D eigenvalue weighted by atomic mass is 10.1. The van der Waals surface area contributed by atoms with Crippen LogP contribution in [0.3, 0.4) is 0 Å². The first kappa shape index (κ1) is 9.74. The van der Waals surface area contributed by atoms with Gasteiger partial charge in [-0.2, -0.15) is 0 Å². The van der Waals surface area contributed by atoms with E-state index in [1.54, 1.807) is 32.4 Å². The first-order valence-corrected chi connectivity index (χ1v) is 3.93. The van der Waals surface area contributed by atoms with E-state index in [0.29, 0.717) is 17.9 Å². The molecule has 0 atom stereocenters. The van der Waals surface area contributed by atoms with Gasteiger partial charge in [0.05, 0.1) is 13.7 Å². The van der Waals surface area contributed by atoms with Crippen LogP contribution in [0.25, 0.3) is 0 Å². The Labute approximate surface area is 77.3 Å². The van der Waals surface area contributed by atoms with Crippen LogP contribution in [0.15, 0.2) is 18.2 Å². The first-order valence-electron chi connectivity index (χ1n) is 3.93. The van der Waals surface area contributed by atoms with E-state index in [1.165, 1.54) is 0 Å². The van der Waals surface area contributed by atoms with Gasteiger partial charge in [0, 0.05) is 18.2 Å². The molecule has 70 valence electrons. The van der Waals surface area contributed by atoms with Crippen molar-refractivity contribution in [1.29, 1.82) is 0 Å². The van der Waals surface area contributed by atoms with E-state index in [2.05, 4.69) is 0 Å². The van der Waals surface area contributed by atoms with Gasteiger partial charge in [-0.15, -0.1) is 0 Å². The molecule has 1 aromatic carbocycles. The Kier molecular flexibility index (Phi) is 3.46. The van der Waals surface area contributed by atoms with Crippen molar-refractivity contribution < 1.29 is 14.3 Å². The van der Waals surface area contributed by atoms with Crippen LogP contribution in [0, 0.1) is 0 Å². The van der Waals surface area contributed by atoms with Crippen LogP contribution in [-0.4, -0.2) is 20.5 Å². The molecule has 13 heavy (non-hydrogen) atoms. The number of rotatable bonds is 4. The number of hydrogen-bond acceptors (Lipinski definition) is 3. The molecule has 3 heteroatoms. The van der Waals surface area contributed by atoms with E-state index in [9.17, 15) is 4.79 Å². The third kappa shape index (κ3) is 2.06. The summed E-state index contributed by atoms with van der Waals surface area (Å²) in [7, 11) is 3.16. The molecule has 0 amide bonds. The summed E-state index contributed by atoms with van der Waals surface area (Å²) < 4.78 is 10.1. The summed E-state index contributed by atoms with van der Waals surface area (Å²) in [6.07, 6.45) is 0.802. The van der Waals surface area contributed by atoms with Gasteiger partial charge in [-0.3, -0.25) is 4.79 Å². The number of aldehydes is 1. The summed E-state index contributed by atoms with van der Waals surface area (Å²) in [6, 6.07) is 5.33. The number of carbonyl (C=O) groups is 1. The molecule has 0 radical (unpaired) electrons. The van der Waals surface area contributed by atoms with Crippen molar-refractivity contribution in [3.63, 3.8) is 0 Å². The molecule has 0 spiro atoms. The number of benzene rings is 1. The van der Waals surface area contributed by atoms with Crippen molar-refractivity contribution in [3.05, 3.63) is 29.3 Å². The molecule has 0 bridgehead atoms. The quantitative estimate of drug-likeness (QED) is 0.661. The third-order valence-corrected chi connectivity index (χ3v) is 1.80. The summed E-state index contributed by atoms with van der Waals surface area (Å²) in [4.78, 5) is 10.7. The summed E-state index contributed by atoms with van der Waals surface area (Å²) in [5, 5.41) is 0. The average molecular weight is 180 g/mol. The largest absolute Gasteiger partial charge is 0.496 e. The molecule has 0 unspecified atom stereocenters. The Hall–Kier alpha value is -1.35. The maximum atomic E-state index is 10.7. The monoisotopic (exact) mass is 180 g/mol. The number of carbonyl (C=O) groups excluding carboxylic acids is 1. The topological polar surface area (TPSA) is 35.5 Å². The van der Waals surface area contributed by atoms with Gasteiger partial charge in [0.15, 0.2) is 6.29 Å². The Balaban J connectivity index is 3.12. The summed E-state index contributed by atoms with van der Waals surface area (Å²) in [5.41, 5.74) is 1.41. The smallest absolute Gasteiger partial charge is 0.150 e. The van der Waals surface area contributed by atoms with Crippen LogP contribution in [-0.2, 0) is 11.3 Å². The predicted molar refractivity (Wildman–Crippen MR) is 49.1 cm³/mol. The molecule has 0 heterocycles. The molecule has 0 saturated carbocycles. The van der Waals surface area contributed by atoms with Crippen LogP contribution >= 0.6 is 0 Å². The fourth-order valence-corrected chi connectivity index (χ4v) is 1.18. The normalized spacial score (nSPS) is 9.69. The van der Waals surface area contributed by atoms with Gasteiger partial charge in [-0.1, -0.05) is 12.1 Å².